The molecule has 8 nitrogen and oxygen atoms in total. The number of aliphatic carboxylic acids is 1. The van der Waals surface area contributed by atoms with Crippen molar-refractivity contribution in [2.45, 2.75) is 94.1 Å². The van der Waals surface area contributed by atoms with Crippen LogP contribution in [0.15, 0.2) is 72.8 Å². The molecule has 2 rings (SSSR count). The zero-order valence-corrected chi connectivity index (χ0v) is 27.8. The average molecular weight is 715 g/mol. The summed E-state index contributed by atoms with van der Waals surface area (Å²) in [6.07, 6.45) is -8.74. The molecule has 0 unspecified atom stereocenters. The number of ether oxygens (including phenoxy) is 4. The summed E-state index contributed by atoms with van der Waals surface area (Å²) in [5, 5.41) is 8.81. The van der Waals surface area contributed by atoms with Crippen molar-refractivity contribution in [3.8, 4) is 11.8 Å². The summed E-state index contributed by atoms with van der Waals surface area (Å²) in [5.74, 6) is 0.274. The molecule has 0 saturated heterocycles. The molecular weight excluding hydrogens is 674 g/mol. The van der Waals surface area contributed by atoms with Gasteiger partial charge in [0, 0.05) is 31.8 Å². The van der Waals surface area contributed by atoms with Crippen LogP contribution in [-0.2, 0) is 44.5 Å². The normalized spacial score (nSPS) is 15.5. The fourth-order valence-electron chi connectivity index (χ4n) is 4.96. The minimum atomic E-state index is -5.30. The molecule has 1 N–H and O–H groups in total. The number of hydrogen-bond donors (Lipinski definition) is 1. The number of rotatable bonds is 18. The average Bonchev–Trinajstić information content (AvgIpc) is 3.06. The van der Waals surface area contributed by atoms with Gasteiger partial charge in [-0.1, -0.05) is 98.3 Å². The Balaban J connectivity index is 2.52. The molecule has 14 heteroatoms. The van der Waals surface area contributed by atoms with E-state index < -0.39 is 64.8 Å². The van der Waals surface area contributed by atoms with Crippen molar-refractivity contribution in [3.63, 3.8) is 0 Å². The summed E-state index contributed by atoms with van der Waals surface area (Å²) in [6, 6.07) is 12.1. The first-order chi connectivity index (χ1) is 23.6. The van der Waals surface area contributed by atoms with Gasteiger partial charge >= 0.3 is 30.3 Å². The van der Waals surface area contributed by atoms with E-state index in [0.717, 1.165) is 24.3 Å². The summed E-state index contributed by atoms with van der Waals surface area (Å²) in [6.45, 7) is 1.76. The van der Waals surface area contributed by atoms with Crippen LogP contribution in [-0.4, -0.2) is 61.8 Å². The number of alkyl halides is 6. The number of benzene rings is 2. The number of carbonyl (C=O) groups is 3. The van der Waals surface area contributed by atoms with E-state index in [1.54, 1.807) is 6.92 Å². The van der Waals surface area contributed by atoms with E-state index >= 15 is 0 Å². The minimum Gasteiger partial charge on any atom is -0.481 e. The van der Waals surface area contributed by atoms with E-state index in [1.807, 2.05) is 0 Å². The van der Waals surface area contributed by atoms with Crippen LogP contribution in [0.25, 0.3) is 0 Å². The van der Waals surface area contributed by atoms with Crippen molar-refractivity contribution in [3.05, 3.63) is 83.9 Å². The lowest BCUT2D eigenvalue weighted by atomic mass is 9.92. The van der Waals surface area contributed by atoms with Crippen molar-refractivity contribution in [1.82, 2.24) is 0 Å². The van der Waals surface area contributed by atoms with Gasteiger partial charge in [-0.05, 0) is 38.2 Å². The summed E-state index contributed by atoms with van der Waals surface area (Å²) < 4.78 is 107. The maximum absolute atomic E-state index is 14.5. The quantitative estimate of drug-likeness (QED) is 0.0548. The Morgan fingerprint density at radius 1 is 0.740 bits per heavy atom. The number of hydrogen-bond acceptors (Lipinski definition) is 7. The van der Waals surface area contributed by atoms with Crippen LogP contribution in [0.2, 0.25) is 0 Å². The minimum absolute atomic E-state index is 0.0493. The van der Waals surface area contributed by atoms with Gasteiger partial charge < -0.3 is 24.1 Å². The van der Waals surface area contributed by atoms with E-state index in [0.29, 0.717) is 52.7 Å². The van der Waals surface area contributed by atoms with Crippen LogP contribution in [0.3, 0.4) is 0 Å². The van der Waals surface area contributed by atoms with Crippen molar-refractivity contribution in [2.24, 2.45) is 0 Å². The molecule has 4 atom stereocenters. The molecular formula is C36H40F6O8. The first kappa shape index (κ1) is 41.8. The van der Waals surface area contributed by atoms with Gasteiger partial charge in [0.25, 0.3) is 11.2 Å². The Kier molecular flexibility index (Phi) is 16.0. The molecule has 0 spiro atoms. The molecule has 274 valence electrons. The molecule has 0 radical (unpaired) electrons. The molecule has 0 aliphatic carbocycles. The lowest BCUT2D eigenvalue weighted by Crippen LogP contribution is -2.52. The molecule has 0 aliphatic rings. The summed E-state index contributed by atoms with van der Waals surface area (Å²) in [4.78, 5) is 37.4. The summed E-state index contributed by atoms with van der Waals surface area (Å²) in [7, 11) is 1.39. The van der Waals surface area contributed by atoms with Crippen molar-refractivity contribution >= 4 is 17.9 Å². The highest BCUT2D eigenvalue weighted by Gasteiger charge is 2.65. The van der Waals surface area contributed by atoms with Gasteiger partial charge in [0.15, 0.2) is 12.2 Å². The van der Waals surface area contributed by atoms with Crippen LogP contribution in [0.4, 0.5) is 26.3 Å². The van der Waals surface area contributed by atoms with Crippen LogP contribution in [0.5, 0.6) is 0 Å². The third-order valence-electron chi connectivity index (χ3n) is 7.61. The lowest BCUT2D eigenvalue weighted by molar-refractivity contribution is -0.278. The summed E-state index contributed by atoms with van der Waals surface area (Å²) in [5.41, 5.74) is -8.21. The molecule has 2 aromatic carbocycles. The first-order valence-corrected chi connectivity index (χ1v) is 15.8. The van der Waals surface area contributed by atoms with Gasteiger partial charge in [-0.2, -0.15) is 26.3 Å². The second kappa shape index (κ2) is 19.2. The Morgan fingerprint density at radius 3 is 1.68 bits per heavy atom. The molecule has 2 aromatic rings. The molecule has 0 saturated carbocycles. The third kappa shape index (κ3) is 10.6. The Bertz CT molecular complexity index is 1470. The Labute approximate surface area is 286 Å². The van der Waals surface area contributed by atoms with Gasteiger partial charge in [0.1, 0.15) is 0 Å². The number of allylic oxidation sites excluding steroid dienone is 1. The predicted octanol–water partition coefficient (Wildman–Crippen LogP) is 7.80. The molecule has 0 bridgehead atoms. The van der Waals surface area contributed by atoms with Crippen molar-refractivity contribution < 1.29 is 64.8 Å². The molecule has 0 fully saturated rings. The monoisotopic (exact) mass is 714 g/mol. The number of halogens is 6. The van der Waals surface area contributed by atoms with Gasteiger partial charge in [-0.15, -0.1) is 0 Å². The third-order valence-corrected chi connectivity index (χ3v) is 7.61. The predicted molar refractivity (Wildman–Crippen MR) is 169 cm³/mol. The fraction of sp³-hybridized carbons (Fsp3) is 0.472. The summed E-state index contributed by atoms with van der Waals surface area (Å²) >= 11 is 0. The van der Waals surface area contributed by atoms with Crippen LogP contribution >= 0.6 is 0 Å². The highest BCUT2D eigenvalue weighted by atomic mass is 19.4. The van der Waals surface area contributed by atoms with Gasteiger partial charge in [0.2, 0.25) is 0 Å². The van der Waals surface area contributed by atoms with Gasteiger partial charge in [0.05, 0.1) is 0 Å². The van der Waals surface area contributed by atoms with E-state index in [4.69, 9.17) is 24.1 Å². The number of carboxylic acid groups (broad SMARTS) is 1. The topological polar surface area (TPSA) is 108 Å². The standard InChI is InChI=1S/C36H40F6O8/c1-4-5-21-28(49-31(45)33(47-2,35(37,38)39)26-17-11-9-12-18-26)24-25-29(22-15-7-6-8-16-23-30(43)44)50-32(46)34(48-3,36(40,41)42)27-19-13-10-14-20-27/h9-15,17-20,22,28-29H,4-8,16,21,23H2,1-3H3,(H,43,44)/b22-15-/t28-,29+,33+,34+/m1/s1. The van der Waals surface area contributed by atoms with E-state index in [9.17, 15) is 40.7 Å². The highest BCUT2D eigenvalue weighted by Crippen LogP contribution is 2.44. The smallest absolute Gasteiger partial charge is 0.432 e. The largest absolute Gasteiger partial charge is 0.481 e. The van der Waals surface area contributed by atoms with Crippen molar-refractivity contribution in [2.75, 3.05) is 14.2 Å². The first-order valence-electron chi connectivity index (χ1n) is 15.8. The zero-order valence-electron chi connectivity index (χ0n) is 27.8. The Morgan fingerprint density at radius 2 is 1.24 bits per heavy atom. The van der Waals surface area contributed by atoms with Crippen LogP contribution in [0.1, 0.15) is 69.4 Å². The molecule has 0 amide bonds. The van der Waals surface area contributed by atoms with Gasteiger partial charge in [-0.25, -0.2) is 9.59 Å². The maximum Gasteiger partial charge on any atom is 0.432 e. The van der Waals surface area contributed by atoms with Crippen molar-refractivity contribution in [1.29, 1.82) is 0 Å². The number of carbonyl (C=O) groups excluding carboxylic acids is 2. The number of methoxy groups -OCH3 is 2. The van der Waals surface area contributed by atoms with E-state index in [2.05, 4.69) is 11.8 Å². The number of unbranched alkanes of at least 4 members (excludes halogenated alkanes) is 4. The SMILES string of the molecule is CCCC[C@H](C#C[C@H](/C=C\CCCCCC(=O)O)OC(=O)[C@@](OC)(c1ccccc1)C(F)(F)F)OC(=O)[C@@](OC)(c1ccccc1)C(F)(F)F. The molecule has 0 aliphatic heterocycles. The second-order valence-electron chi connectivity index (χ2n) is 11.1. The van der Waals surface area contributed by atoms with E-state index in [1.165, 1.54) is 48.6 Å². The molecule has 0 heterocycles. The number of carboxylic acids is 1. The van der Waals surface area contributed by atoms with Gasteiger partial charge in [-0.3, -0.25) is 4.79 Å². The Hall–Kier alpha value is -4.35. The fourth-order valence-corrected chi connectivity index (χ4v) is 4.96. The lowest BCUT2D eigenvalue weighted by Gasteiger charge is -2.33. The maximum atomic E-state index is 14.5. The van der Waals surface area contributed by atoms with Crippen LogP contribution in [0, 0.1) is 11.8 Å². The molecule has 0 aromatic heterocycles. The molecule has 50 heavy (non-hydrogen) atoms. The van der Waals surface area contributed by atoms with Crippen LogP contribution < -0.4 is 0 Å². The zero-order chi connectivity index (χ0) is 37.4. The second-order valence-corrected chi connectivity index (χ2v) is 11.1. The number of esters is 2. The highest BCUT2D eigenvalue weighted by molar-refractivity contribution is 5.84. The van der Waals surface area contributed by atoms with E-state index in [-0.39, 0.29) is 12.8 Å².